The number of amides is 2. The third kappa shape index (κ3) is 1.64. The van der Waals surface area contributed by atoms with Crippen molar-refractivity contribution in [3.05, 3.63) is 35.4 Å². The number of azo groups is 1. The van der Waals surface area contributed by atoms with E-state index in [1.54, 1.807) is 24.3 Å². The van der Waals surface area contributed by atoms with Gasteiger partial charge in [0, 0.05) is 0 Å². The zero-order chi connectivity index (χ0) is 15.5. The molecule has 6 nitrogen and oxygen atoms in total. The lowest BCUT2D eigenvalue weighted by molar-refractivity contribution is 0.0258. The molecule has 2 fully saturated rings. The van der Waals surface area contributed by atoms with Crippen molar-refractivity contribution in [2.45, 2.75) is 50.9 Å². The highest BCUT2D eigenvalue weighted by atomic mass is 16.2. The van der Waals surface area contributed by atoms with Gasteiger partial charge in [0.25, 0.3) is 11.8 Å². The Morgan fingerprint density at radius 3 is 2.41 bits per heavy atom. The molecule has 0 bridgehead atoms. The van der Waals surface area contributed by atoms with Gasteiger partial charge < -0.3 is 0 Å². The first-order valence-electron chi connectivity index (χ1n) is 7.75. The second kappa shape index (κ2) is 4.46. The SMILES string of the molecule is CC(C)N=NC12CCCC1N2N1C(=O)c2ccccc2C1=O. The molecule has 2 amide bonds. The molecule has 1 aromatic carbocycles. The standard InChI is InChI=1S/C16H18N4O2/c1-10(2)17-18-16-9-5-8-13(16)20(16)19-14(21)11-6-3-4-7-12(11)15(19)22/h3-4,6-7,10,13H,5,8-9H2,1-2H3. The van der Waals surface area contributed by atoms with Gasteiger partial charge in [-0.2, -0.15) is 20.2 Å². The average molecular weight is 298 g/mol. The number of fused-ring (bicyclic) bond motifs is 2. The van der Waals surface area contributed by atoms with Crippen LogP contribution in [0.5, 0.6) is 0 Å². The zero-order valence-corrected chi connectivity index (χ0v) is 12.7. The molecule has 114 valence electrons. The summed E-state index contributed by atoms with van der Waals surface area (Å²) in [6, 6.07) is 7.21. The van der Waals surface area contributed by atoms with Crippen molar-refractivity contribution in [3.63, 3.8) is 0 Å². The highest BCUT2D eigenvalue weighted by molar-refractivity contribution is 6.21. The van der Waals surface area contributed by atoms with E-state index in [4.69, 9.17) is 0 Å². The molecule has 0 aromatic heterocycles. The van der Waals surface area contributed by atoms with Crippen molar-refractivity contribution in [1.29, 1.82) is 0 Å². The van der Waals surface area contributed by atoms with Crippen LogP contribution in [0, 0.1) is 0 Å². The molecule has 2 heterocycles. The first-order chi connectivity index (χ1) is 10.6. The fourth-order valence-corrected chi connectivity index (χ4v) is 3.62. The minimum atomic E-state index is -0.475. The quantitative estimate of drug-likeness (QED) is 0.489. The molecule has 1 aliphatic carbocycles. The predicted molar refractivity (Wildman–Crippen MR) is 79.1 cm³/mol. The number of carbonyl (C=O) groups is 2. The second-order valence-electron chi connectivity index (χ2n) is 6.41. The molecule has 0 spiro atoms. The van der Waals surface area contributed by atoms with Crippen LogP contribution in [0.1, 0.15) is 53.8 Å². The van der Waals surface area contributed by atoms with Gasteiger partial charge in [0.15, 0.2) is 5.66 Å². The van der Waals surface area contributed by atoms with E-state index >= 15 is 0 Å². The molecule has 3 aliphatic rings. The highest BCUT2D eigenvalue weighted by Gasteiger charge is 2.71. The van der Waals surface area contributed by atoms with E-state index in [9.17, 15) is 9.59 Å². The summed E-state index contributed by atoms with van der Waals surface area (Å²) in [5.74, 6) is -0.483. The molecule has 0 radical (unpaired) electrons. The Kier molecular flexibility index (Phi) is 2.75. The number of hydrazine groups is 1. The minimum Gasteiger partial charge on any atom is -0.267 e. The van der Waals surface area contributed by atoms with E-state index in [-0.39, 0.29) is 23.9 Å². The predicted octanol–water partition coefficient (Wildman–Crippen LogP) is 2.62. The van der Waals surface area contributed by atoms with Gasteiger partial charge in [-0.1, -0.05) is 12.1 Å². The normalized spacial score (nSPS) is 33.0. The second-order valence-corrected chi connectivity index (χ2v) is 6.41. The summed E-state index contributed by atoms with van der Waals surface area (Å²) < 4.78 is 0. The van der Waals surface area contributed by atoms with E-state index < -0.39 is 5.66 Å². The number of hydrogen-bond acceptors (Lipinski definition) is 5. The summed E-state index contributed by atoms with van der Waals surface area (Å²) in [6.45, 7) is 3.94. The molecule has 1 saturated heterocycles. The van der Waals surface area contributed by atoms with Gasteiger partial charge in [-0.15, -0.1) is 0 Å². The maximum atomic E-state index is 12.6. The van der Waals surface area contributed by atoms with Gasteiger partial charge in [0.2, 0.25) is 0 Å². The first-order valence-corrected chi connectivity index (χ1v) is 7.75. The fourth-order valence-electron chi connectivity index (χ4n) is 3.62. The van der Waals surface area contributed by atoms with Crippen LogP contribution in [0.2, 0.25) is 0 Å². The van der Waals surface area contributed by atoms with Crippen LogP contribution in [-0.2, 0) is 0 Å². The summed E-state index contributed by atoms with van der Waals surface area (Å²) in [6.07, 6.45) is 2.85. The lowest BCUT2D eigenvalue weighted by Gasteiger charge is -2.20. The smallest absolute Gasteiger partial charge is 0.267 e. The van der Waals surface area contributed by atoms with Gasteiger partial charge in [0.05, 0.1) is 23.2 Å². The lowest BCUT2D eigenvalue weighted by atomic mass is 10.1. The van der Waals surface area contributed by atoms with Crippen LogP contribution in [-0.4, -0.2) is 39.6 Å². The van der Waals surface area contributed by atoms with Crippen molar-refractivity contribution in [3.8, 4) is 0 Å². The fraction of sp³-hybridized carbons (Fsp3) is 0.500. The van der Waals surface area contributed by atoms with Crippen molar-refractivity contribution >= 4 is 11.8 Å². The summed E-state index contributed by atoms with van der Waals surface area (Å²) >= 11 is 0. The van der Waals surface area contributed by atoms with E-state index in [0.717, 1.165) is 19.3 Å². The Labute approximate surface area is 128 Å². The van der Waals surface area contributed by atoms with Gasteiger partial charge in [0.1, 0.15) is 0 Å². The van der Waals surface area contributed by atoms with Crippen LogP contribution in [0.25, 0.3) is 0 Å². The molecule has 22 heavy (non-hydrogen) atoms. The number of carbonyl (C=O) groups excluding carboxylic acids is 2. The van der Waals surface area contributed by atoms with E-state index in [1.165, 1.54) is 5.01 Å². The monoisotopic (exact) mass is 298 g/mol. The van der Waals surface area contributed by atoms with Crippen molar-refractivity contribution < 1.29 is 9.59 Å². The molecule has 6 heteroatoms. The summed E-state index contributed by atoms with van der Waals surface area (Å²) in [5, 5.41) is 11.9. The van der Waals surface area contributed by atoms with Crippen molar-refractivity contribution in [1.82, 2.24) is 10.0 Å². The lowest BCUT2D eigenvalue weighted by Crippen LogP contribution is -2.40. The van der Waals surface area contributed by atoms with Crippen LogP contribution in [0.4, 0.5) is 0 Å². The maximum Gasteiger partial charge on any atom is 0.276 e. The van der Waals surface area contributed by atoms with Crippen LogP contribution in [0.15, 0.2) is 34.5 Å². The third-order valence-corrected chi connectivity index (χ3v) is 4.63. The average Bonchev–Trinajstić information content (AvgIpc) is 2.80. The Balaban J connectivity index is 1.67. The molecular formula is C16H18N4O2. The van der Waals surface area contributed by atoms with E-state index in [0.29, 0.717) is 11.1 Å². The Morgan fingerprint density at radius 1 is 1.18 bits per heavy atom. The summed E-state index contributed by atoms with van der Waals surface area (Å²) in [5.41, 5.74) is 0.485. The largest absolute Gasteiger partial charge is 0.276 e. The number of piperidine rings is 1. The third-order valence-electron chi connectivity index (χ3n) is 4.63. The van der Waals surface area contributed by atoms with E-state index in [1.807, 2.05) is 18.9 Å². The number of benzene rings is 1. The number of hydrogen-bond donors (Lipinski definition) is 0. The highest BCUT2D eigenvalue weighted by Crippen LogP contribution is 2.56. The Hall–Kier alpha value is -2.08. The zero-order valence-electron chi connectivity index (χ0n) is 12.7. The molecule has 3 atom stereocenters. The molecule has 1 aromatic rings. The molecular weight excluding hydrogens is 280 g/mol. The Morgan fingerprint density at radius 2 is 1.82 bits per heavy atom. The first kappa shape index (κ1) is 13.6. The van der Waals surface area contributed by atoms with Crippen LogP contribution in [0.3, 0.4) is 0 Å². The van der Waals surface area contributed by atoms with Gasteiger partial charge in [-0.05, 0) is 45.2 Å². The van der Waals surface area contributed by atoms with Crippen molar-refractivity contribution in [2.75, 3.05) is 0 Å². The minimum absolute atomic E-state index is 0.111. The number of imide groups is 1. The van der Waals surface area contributed by atoms with Crippen LogP contribution >= 0.6 is 0 Å². The van der Waals surface area contributed by atoms with Crippen molar-refractivity contribution in [2.24, 2.45) is 10.2 Å². The van der Waals surface area contributed by atoms with Gasteiger partial charge >= 0.3 is 0 Å². The summed E-state index contributed by atoms with van der Waals surface area (Å²) in [4.78, 5) is 25.2. The van der Waals surface area contributed by atoms with Gasteiger partial charge in [-0.3, -0.25) is 9.59 Å². The van der Waals surface area contributed by atoms with E-state index in [2.05, 4.69) is 10.2 Å². The molecule has 2 aliphatic heterocycles. The summed E-state index contributed by atoms with van der Waals surface area (Å²) in [7, 11) is 0. The maximum absolute atomic E-state index is 12.6. The van der Waals surface area contributed by atoms with Gasteiger partial charge in [-0.25, -0.2) is 0 Å². The number of nitrogens with zero attached hydrogens (tertiary/aromatic N) is 4. The van der Waals surface area contributed by atoms with Crippen LogP contribution < -0.4 is 0 Å². The molecule has 1 saturated carbocycles. The molecule has 3 unspecified atom stereocenters. The Bertz CT molecular complexity index is 664. The topological polar surface area (TPSA) is 65.1 Å². The number of rotatable bonds is 3. The molecule has 0 N–H and O–H groups in total. The molecule has 4 rings (SSSR count).